The van der Waals surface area contributed by atoms with Crippen molar-refractivity contribution in [2.24, 2.45) is 0 Å². The average molecular weight is 793 g/mol. The van der Waals surface area contributed by atoms with Crippen LogP contribution in [-0.2, 0) is 22.3 Å². The van der Waals surface area contributed by atoms with Crippen LogP contribution in [0.15, 0.2) is 73.3 Å². The molecular weight excluding hydrogens is 721 g/mol. The van der Waals surface area contributed by atoms with Crippen molar-refractivity contribution in [3.05, 3.63) is 95.6 Å². The highest BCUT2D eigenvalue weighted by Crippen LogP contribution is 2.19. The zero-order valence-corrected chi connectivity index (χ0v) is 36.3. The molecule has 2 aromatic carbocycles. The van der Waals surface area contributed by atoms with E-state index in [4.69, 9.17) is 9.47 Å². The Bertz CT molecular complexity index is 1640. The van der Waals surface area contributed by atoms with Crippen LogP contribution in [0.2, 0.25) is 0 Å². The SMILES string of the molecule is CCCCCCCCCCOC(=O)c1ccc(-c2ncc(CCCCCCC)cn2)cc1.CCCCCCCCCc1cnc(-c2ccc(C(=O)OCC)cc2)nc1. The first-order valence-corrected chi connectivity index (χ1v) is 22.7. The van der Waals surface area contributed by atoms with E-state index in [1.807, 2.05) is 49.1 Å². The van der Waals surface area contributed by atoms with Crippen LogP contribution in [0.1, 0.15) is 188 Å². The maximum Gasteiger partial charge on any atom is 0.338 e. The lowest BCUT2D eigenvalue weighted by Gasteiger charge is -2.06. The van der Waals surface area contributed by atoms with Crippen molar-refractivity contribution in [1.82, 2.24) is 19.9 Å². The number of unbranched alkanes of at least 4 members (excludes halogenated alkanes) is 17. The monoisotopic (exact) mass is 793 g/mol. The van der Waals surface area contributed by atoms with Gasteiger partial charge >= 0.3 is 11.9 Å². The fourth-order valence-corrected chi connectivity index (χ4v) is 6.69. The van der Waals surface area contributed by atoms with Gasteiger partial charge in [0.2, 0.25) is 0 Å². The van der Waals surface area contributed by atoms with E-state index in [0.717, 1.165) is 36.8 Å². The second-order valence-corrected chi connectivity index (χ2v) is 15.4. The highest BCUT2D eigenvalue weighted by atomic mass is 16.5. The highest BCUT2D eigenvalue weighted by Gasteiger charge is 2.10. The van der Waals surface area contributed by atoms with Crippen molar-refractivity contribution >= 4 is 11.9 Å². The molecule has 2 aromatic heterocycles. The van der Waals surface area contributed by atoms with E-state index in [9.17, 15) is 9.59 Å². The van der Waals surface area contributed by atoms with E-state index >= 15 is 0 Å². The summed E-state index contributed by atoms with van der Waals surface area (Å²) in [4.78, 5) is 41.9. The van der Waals surface area contributed by atoms with Crippen molar-refractivity contribution in [2.75, 3.05) is 13.2 Å². The second-order valence-electron chi connectivity index (χ2n) is 15.4. The lowest BCUT2D eigenvalue weighted by atomic mass is 10.1. The minimum atomic E-state index is -0.301. The van der Waals surface area contributed by atoms with Crippen molar-refractivity contribution in [3.8, 4) is 22.8 Å². The van der Waals surface area contributed by atoms with Gasteiger partial charge in [0.15, 0.2) is 11.6 Å². The minimum Gasteiger partial charge on any atom is -0.462 e. The van der Waals surface area contributed by atoms with Gasteiger partial charge in [-0.05, 0) is 74.4 Å². The number of hydrogen-bond donors (Lipinski definition) is 0. The van der Waals surface area contributed by atoms with Gasteiger partial charge in [-0.1, -0.05) is 154 Å². The molecule has 0 N–H and O–H groups in total. The van der Waals surface area contributed by atoms with Gasteiger partial charge in [-0.2, -0.15) is 0 Å². The number of ether oxygens (including phenoxy) is 2. The molecule has 8 heteroatoms. The van der Waals surface area contributed by atoms with Crippen LogP contribution in [0.3, 0.4) is 0 Å². The molecule has 0 unspecified atom stereocenters. The maximum atomic E-state index is 12.3. The Hall–Kier alpha value is -4.46. The Morgan fingerprint density at radius 3 is 1.10 bits per heavy atom. The molecule has 316 valence electrons. The molecule has 0 saturated carbocycles. The smallest absolute Gasteiger partial charge is 0.338 e. The highest BCUT2D eigenvalue weighted by molar-refractivity contribution is 5.90. The van der Waals surface area contributed by atoms with E-state index in [2.05, 4.69) is 40.7 Å². The molecule has 0 amide bonds. The zero-order valence-electron chi connectivity index (χ0n) is 36.3. The molecular formula is C50H72N4O4. The van der Waals surface area contributed by atoms with Crippen LogP contribution in [0, 0.1) is 0 Å². The number of benzene rings is 2. The lowest BCUT2D eigenvalue weighted by molar-refractivity contribution is 0.0495. The molecule has 0 aliphatic heterocycles. The first-order valence-electron chi connectivity index (χ1n) is 22.7. The molecule has 2 heterocycles. The molecule has 0 radical (unpaired) electrons. The van der Waals surface area contributed by atoms with Gasteiger partial charge in [-0.3, -0.25) is 0 Å². The standard InChI is InChI=1S/C28H42N2O2.C22H30N2O2/c1-3-5-7-9-10-11-13-15-21-32-28(31)26-19-17-25(18-20-26)27-29-22-24(23-30-27)16-14-12-8-6-4-2;1-3-5-6-7-8-9-10-11-18-16-23-21(24-17-18)19-12-14-20(15-13-19)22(25)26-4-2/h17-20,22-23H,3-16,21H2,1-2H3;12-17H,3-11H2,1-2H3. The third-order valence-electron chi connectivity index (χ3n) is 10.3. The molecule has 0 aliphatic carbocycles. The van der Waals surface area contributed by atoms with Gasteiger partial charge in [0.25, 0.3) is 0 Å². The fraction of sp³-hybridized carbons (Fsp3) is 0.560. The normalized spacial score (nSPS) is 10.8. The fourth-order valence-electron chi connectivity index (χ4n) is 6.69. The van der Waals surface area contributed by atoms with Crippen LogP contribution in [0.25, 0.3) is 22.8 Å². The molecule has 0 fully saturated rings. The second kappa shape index (κ2) is 30.6. The van der Waals surface area contributed by atoms with Gasteiger partial charge in [0, 0.05) is 35.9 Å². The van der Waals surface area contributed by atoms with Crippen molar-refractivity contribution in [3.63, 3.8) is 0 Å². The molecule has 8 nitrogen and oxygen atoms in total. The van der Waals surface area contributed by atoms with E-state index in [0.29, 0.717) is 36.0 Å². The number of carbonyl (C=O) groups excluding carboxylic acids is 2. The molecule has 0 spiro atoms. The van der Waals surface area contributed by atoms with E-state index in [1.165, 1.54) is 127 Å². The van der Waals surface area contributed by atoms with Gasteiger partial charge in [-0.15, -0.1) is 0 Å². The third kappa shape index (κ3) is 19.8. The summed E-state index contributed by atoms with van der Waals surface area (Å²) in [7, 11) is 0. The average Bonchev–Trinajstić information content (AvgIpc) is 3.26. The molecule has 4 rings (SSSR count). The predicted octanol–water partition coefficient (Wildman–Crippen LogP) is 13.6. The Balaban J connectivity index is 0.000000317. The molecule has 0 aliphatic rings. The van der Waals surface area contributed by atoms with Crippen LogP contribution in [0.4, 0.5) is 0 Å². The third-order valence-corrected chi connectivity index (χ3v) is 10.3. The molecule has 58 heavy (non-hydrogen) atoms. The summed E-state index contributed by atoms with van der Waals surface area (Å²) < 4.78 is 10.4. The first-order chi connectivity index (χ1) is 28.5. The summed E-state index contributed by atoms with van der Waals surface area (Å²) >= 11 is 0. The topological polar surface area (TPSA) is 104 Å². The van der Waals surface area contributed by atoms with Gasteiger partial charge < -0.3 is 9.47 Å². The van der Waals surface area contributed by atoms with Crippen LogP contribution in [-0.4, -0.2) is 45.1 Å². The van der Waals surface area contributed by atoms with Crippen LogP contribution in [0.5, 0.6) is 0 Å². The van der Waals surface area contributed by atoms with E-state index in [-0.39, 0.29) is 11.9 Å². The van der Waals surface area contributed by atoms with E-state index < -0.39 is 0 Å². The summed E-state index contributed by atoms with van der Waals surface area (Å²) in [6, 6.07) is 14.6. The quantitative estimate of drug-likeness (QED) is 0.0414. The summed E-state index contributed by atoms with van der Waals surface area (Å²) in [5, 5.41) is 0. The zero-order chi connectivity index (χ0) is 41.5. The summed E-state index contributed by atoms with van der Waals surface area (Å²) in [6.07, 6.45) is 35.2. The van der Waals surface area contributed by atoms with Gasteiger partial charge in [0.1, 0.15) is 0 Å². The number of carbonyl (C=O) groups is 2. The molecule has 0 saturated heterocycles. The summed E-state index contributed by atoms with van der Waals surface area (Å²) in [6.45, 7) is 9.40. The minimum absolute atomic E-state index is 0.251. The first kappa shape index (κ1) is 47.9. The number of aromatic nitrogens is 4. The predicted molar refractivity (Wildman–Crippen MR) is 238 cm³/mol. The van der Waals surface area contributed by atoms with Gasteiger partial charge in [0.05, 0.1) is 24.3 Å². The lowest BCUT2D eigenvalue weighted by Crippen LogP contribution is -2.06. The Kier molecular flexibility index (Phi) is 25.3. The number of esters is 2. The van der Waals surface area contributed by atoms with Crippen molar-refractivity contribution < 1.29 is 19.1 Å². The van der Waals surface area contributed by atoms with Crippen LogP contribution < -0.4 is 0 Å². The Morgan fingerprint density at radius 1 is 0.414 bits per heavy atom. The number of nitrogens with zero attached hydrogens (tertiary/aromatic N) is 4. The Morgan fingerprint density at radius 2 is 0.741 bits per heavy atom. The van der Waals surface area contributed by atoms with E-state index in [1.54, 1.807) is 31.2 Å². The number of hydrogen-bond acceptors (Lipinski definition) is 8. The Labute approximate surface area is 350 Å². The molecule has 0 bridgehead atoms. The largest absolute Gasteiger partial charge is 0.462 e. The number of aryl methyl sites for hydroxylation is 2. The van der Waals surface area contributed by atoms with Crippen LogP contribution >= 0.6 is 0 Å². The van der Waals surface area contributed by atoms with Crippen molar-refractivity contribution in [1.29, 1.82) is 0 Å². The number of rotatable bonds is 28. The summed E-state index contributed by atoms with van der Waals surface area (Å²) in [5.41, 5.74) is 5.32. The molecule has 0 atom stereocenters. The van der Waals surface area contributed by atoms with Gasteiger partial charge in [-0.25, -0.2) is 29.5 Å². The van der Waals surface area contributed by atoms with Crippen molar-refractivity contribution in [2.45, 2.75) is 169 Å². The molecule has 4 aromatic rings. The maximum absolute atomic E-state index is 12.3. The summed E-state index contributed by atoms with van der Waals surface area (Å²) in [5.74, 6) is 0.825.